The van der Waals surface area contributed by atoms with Crippen molar-refractivity contribution in [1.29, 1.82) is 0 Å². The van der Waals surface area contributed by atoms with E-state index < -0.39 is 0 Å². The minimum absolute atomic E-state index is 0.0894. The number of fused-ring (bicyclic) bond motifs is 13. The van der Waals surface area contributed by atoms with Crippen LogP contribution in [0.4, 0.5) is 0 Å². The number of hydrogen-bond donors (Lipinski definition) is 0. The lowest BCUT2D eigenvalue weighted by atomic mass is 9.82. The van der Waals surface area contributed by atoms with Gasteiger partial charge in [-0.15, -0.1) is 11.3 Å². The summed E-state index contributed by atoms with van der Waals surface area (Å²) >= 11 is 1.89. The standard InChI is InChI=1S/C50H33N3S/c1-50(2)39-19-9-6-15-32(39)37-27-38-45(28-40(37)50)52(30-13-4-3-5-14-30)43-21-12-18-35(47(38)43)41-25-23-31(29-51-41)53-42-20-10-7-17-36(42)48-44(53)26-24-34-33-16-8-11-22-46(33)54-49(34)48/h3-29H,1-2H3. The molecule has 0 amide bonds. The Labute approximate surface area is 316 Å². The fraction of sp³-hybridized carbons (Fsp3) is 0.0600. The summed E-state index contributed by atoms with van der Waals surface area (Å²) in [7, 11) is 0. The minimum Gasteiger partial charge on any atom is -0.309 e. The van der Waals surface area contributed by atoms with Crippen molar-refractivity contribution in [3.63, 3.8) is 0 Å². The molecule has 3 nitrogen and oxygen atoms in total. The van der Waals surface area contributed by atoms with Crippen LogP contribution in [0.25, 0.3) is 97.5 Å². The maximum absolute atomic E-state index is 5.26. The Kier molecular flexibility index (Phi) is 6.00. The second-order valence-corrected chi connectivity index (χ2v) is 16.2. The number of hydrogen-bond acceptors (Lipinski definition) is 2. The average Bonchev–Trinajstić information content (AvgIpc) is 3.93. The smallest absolute Gasteiger partial charge is 0.0710 e. The third kappa shape index (κ3) is 3.93. The fourth-order valence-electron chi connectivity index (χ4n) is 9.52. The van der Waals surface area contributed by atoms with Gasteiger partial charge < -0.3 is 9.13 Å². The molecule has 0 N–H and O–H groups in total. The molecule has 254 valence electrons. The van der Waals surface area contributed by atoms with Gasteiger partial charge in [-0.3, -0.25) is 4.98 Å². The molecule has 0 atom stereocenters. The van der Waals surface area contributed by atoms with Crippen molar-refractivity contribution in [2.45, 2.75) is 19.3 Å². The lowest BCUT2D eigenvalue weighted by Crippen LogP contribution is -2.14. The molecule has 0 saturated heterocycles. The summed E-state index contributed by atoms with van der Waals surface area (Å²) in [6, 6.07) is 57.9. The van der Waals surface area contributed by atoms with Gasteiger partial charge in [-0.25, -0.2) is 0 Å². The van der Waals surface area contributed by atoms with Gasteiger partial charge in [0.05, 0.1) is 39.6 Å². The van der Waals surface area contributed by atoms with Crippen LogP contribution in [-0.2, 0) is 5.41 Å². The molecule has 4 heteroatoms. The topological polar surface area (TPSA) is 22.8 Å². The quantitative estimate of drug-likeness (QED) is 0.179. The van der Waals surface area contributed by atoms with E-state index in [1.165, 1.54) is 86.0 Å². The Hall–Kier alpha value is -6.49. The van der Waals surface area contributed by atoms with Gasteiger partial charge in [0.25, 0.3) is 0 Å². The number of benzene rings is 7. The van der Waals surface area contributed by atoms with Crippen LogP contribution in [0.1, 0.15) is 25.0 Å². The van der Waals surface area contributed by atoms with Gasteiger partial charge in [0, 0.05) is 58.4 Å². The third-order valence-corrected chi connectivity index (χ3v) is 13.2. The second kappa shape index (κ2) is 10.8. The van der Waals surface area contributed by atoms with Crippen LogP contribution in [-0.4, -0.2) is 14.1 Å². The zero-order valence-electron chi connectivity index (χ0n) is 29.8. The first-order chi connectivity index (χ1) is 26.6. The summed E-state index contributed by atoms with van der Waals surface area (Å²) < 4.78 is 7.49. The molecular formula is C50H33N3S. The van der Waals surface area contributed by atoms with Crippen molar-refractivity contribution in [3.05, 3.63) is 175 Å². The van der Waals surface area contributed by atoms with Crippen molar-refractivity contribution in [3.8, 4) is 33.8 Å². The Morgan fingerprint density at radius 3 is 2.06 bits per heavy atom. The predicted molar refractivity (Wildman–Crippen MR) is 229 cm³/mol. The van der Waals surface area contributed by atoms with Crippen LogP contribution in [0.3, 0.4) is 0 Å². The van der Waals surface area contributed by atoms with Crippen molar-refractivity contribution in [2.24, 2.45) is 0 Å². The van der Waals surface area contributed by atoms with Gasteiger partial charge in [0.15, 0.2) is 0 Å². The van der Waals surface area contributed by atoms with E-state index in [0.29, 0.717) is 0 Å². The SMILES string of the molecule is CC1(C)c2ccccc2-c2cc3c4c(-c5ccc(-n6c7ccccc7c7c8sc9ccccc9c8ccc76)cn5)cccc4n(-c4ccccc4)c3cc21. The van der Waals surface area contributed by atoms with Crippen LogP contribution in [0.15, 0.2) is 164 Å². The highest BCUT2D eigenvalue weighted by molar-refractivity contribution is 7.26. The van der Waals surface area contributed by atoms with Gasteiger partial charge >= 0.3 is 0 Å². The van der Waals surface area contributed by atoms with Gasteiger partial charge in [-0.2, -0.15) is 0 Å². The molecule has 1 aliphatic carbocycles. The van der Waals surface area contributed by atoms with Crippen LogP contribution in [0.5, 0.6) is 0 Å². The Balaban J connectivity index is 1.08. The van der Waals surface area contributed by atoms with Crippen molar-refractivity contribution in [1.82, 2.24) is 14.1 Å². The lowest BCUT2D eigenvalue weighted by Gasteiger charge is -2.21. The molecule has 0 saturated carbocycles. The molecule has 0 spiro atoms. The summed E-state index contributed by atoms with van der Waals surface area (Å²) in [5.74, 6) is 0. The first-order valence-electron chi connectivity index (χ1n) is 18.6. The molecule has 0 radical (unpaired) electrons. The molecule has 0 aliphatic heterocycles. The highest BCUT2D eigenvalue weighted by Gasteiger charge is 2.36. The van der Waals surface area contributed by atoms with Crippen molar-refractivity contribution >= 4 is 75.1 Å². The van der Waals surface area contributed by atoms with Crippen molar-refractivity contribution < 1.29 is 0 Å². The Morgan fingerprint density at radius 1 is 0.463 bits per heavy atom. The van der Waals surface area contributed by atoms with Gasteiger partial charge in [0.2, 0.25) is 0 Å². The molecule has 54 heavy (non-hydrogen) atoms. The normalized spacial score (nSPS) is 13.5. The molecule has 12 rings (SSSR count). The molecular weight excluding hydrogens is 675 g/mol. The number of thiophene rings is 1. The number of aromatic nitrogens is 3. The molecule has 0 unspecified atom stereocenters. The number of pyridine rings is 1. The summed E-state index contributed by atoms with van der Waals surface area (Å²) in [4.78, 5) is 5.26. The summed E-state index contributed by atoms with van der Waals surface area (Å²) in [6.07, 6.45) is 2.06. The molecule has 11 aromatic rings. The second-order valence-electron chi connectivity index (χ2n) is 15.1. The minimum atomic E-state index is -0.0894. The van der Waals surface area contributed by atoms with Crippen molar-refractivity contribution in [2.75, 3.05) is 0 Å². The van der Waals surface area contributed by atoms with Crippen LogP contribution >= 0.6 is 11.3 Å². The molecule has 0 bridgehead atoms. The summed E-state index contributed by atoms with van der Waals surface area (Å²) in [5.41, 5.74) is 14.4. The maximum Gasteiger partial charge on any atom is 0.0710 e. The third-order valence-electron chi connectivity index (χ3n) is 12.0. The van der Waals surface area contributed by atoms with E-state index in [4.69, 9.17) is 4.98 Å². The zero-order valence-corrected chi connectivity index (χ0v) is 30.7. The Bertz CT molecular complexity index is 3340. The van der Waals surface area contributed by atoms with E-state index in [-0.39, 0.29) is 5.41 Å². The van der Waals surface area contributed by atoms with Crippen LogP contribution in [0, 0.1) is 0 Å². The zero-order chi connectivity index (χ0) is 35.7. The highest BCUT2D eigenvalue weighted by Crippen LogP contribution is 2.52. The van der Waals surface area contributed by atoms with E-state index in [1.807, 2.05) is 11.3 Å². The number of para-hydroxylation sites is 2. The average molecular weight is 708 g/mol. The molecule has 1 aliphatic rings. The monoisotopic (exact) mass is 707 g/mol. The van der Waals surface area contributed by atoms with E-state index in [0.717, 1.165) is 22.6 Å². The largest absolute Gasteiger partial charge is 0.309 e. The number of nitrogens with zero attached hydrogens (tertiary/aromatic N) is 3. The summed E-state index contributed by atoms with van der Waals surface area (Å²) in [5, 5.41) is 7.69. The lowest BCUT2D eigenvalue weighted by molar-refractivity contribution is 0.661. The van der Waals surface area contributed by atoms with Gasteiger partial charge in [-0.05, 0) is 82.9 Å². The van der Waals surface area contributed by atoms with Crippen LogP contribution < -0.4 is 0 Å². The first-order valence-corrected chi connectivity index (χ1v) is 19.4. The predicted octanol–water partition coefficient (Wildman–Crippen LogP) is 13.6. The van der Waals surface area contributed by atoms with E-state index >= 15 is 0 Å². The fourth-order valence-corrected chi connectivity index (χ4v) is 10.8. The first kappa shape index (κ1) is 30.0. The molecule has 0 fully saturated rings. The highest BCUT2D eigenvalue weighted by atomic mass is 32.1. The molecule has 7 aromatic carbocycles. The number of rotatable bonds is 3. The van der Waals surface area contributed by atoms with Crippen LogP contribution in [0.2, 0.25) is 0 Å². The summed E-state index contributed by atoms with van der Waals surface area (Å²) in [6.45, 7) is 4.72. The Morgan fingerprint density at radius 2 is 1.19 bits per heavy atom. The molecule has 4 aromatic heterocycles. The van der Waals surface area contributed by atoms with E-state index in [9.17, 15) is 0 Å². The van der Waals surface area contributed by atoms with Gasteiger partial charge in [-0.1, -0.05) is 111 Å². The van der Waals surface area contributed by atoms with E-state index in [2.05, 4.69) is 187 Å². The van der Waals surface area contributed by atoms with Gasteiger partial charge in [0.1, 0.15) is 0 Å². The molecule has 4 heterocycles. The maximum atomic E-state index is 5.26. The van der Waals surface area contributed by atoms with E-state index in [1.54, 1.807) is 0 Å².